The molecule has 25 heavy (non-hydrogen) atoms. The van der Waals surface area contributed by atoms with Gasteiger partial charge < -0.3 is 20.7 Å². The van der Waals surface area contributed by atoms with E-state index in [1.165, 1.54) is 4.88 Å². The molecule has 7 heteroatoms. The van der Waals surface area contributed by atoms with E-state index in [2.05, 4.69) is 46.2 Å². The molecule has 6 nitrogen and oxygen atoms in total. The highest BCUT2D eigenvalue weighted by Crippen LogP contribution is 2.16. The molecule has 0 aliphatic carbocycles. The van der Waals surface area contributed by atoms with Crippen molar-refractivity contribution in [1.82, 2.24) is 16.0 Å². The van der Waals surface area contributed by atoms with Crippen molar-refractivity contribution in [3.8, 4) is 0 Å². The number of amides is 1. The highest BCUT2D eigenvalue weighted by molar-refractivity contribution is 7.09. The second kappa shape index (κ2) is 9.65. The number of thiophene rings is 1. The summed E-state index contributed by atoms with van der Waals surface area (Å²) in [6, 6.07) is 4.11. The average molecular weight is 369 g/mol. The minimum atomic E-state index is -0.511. The average Bonchev–Trinajstić information content (AvgIpc) is 3.05. The summed E-state index contributed by atoms with van der Waals surface area (Å²) >= 11 is 1.70. The molecule has 0 aliphatic heterocycles. The molecule has 0 spiro atoms. The van der Waals surface area contributed by atoms with Gasteiger partial charge >= 0.3 is 6.09 Å². The van der Waals surface area contributed by atoms with Gasteiger partial charge in [-0.1, -0.05) is 19.9 Å². The van der Waals surface area contributed by atoms with Gasteiger partial charge in [0.05, 0.1) is 12.1 Å². The molecule has 1 aromatic heterocycles. The van der Waals surface area contributed by atoms with Crippen molar-refractivity contribution in [2.24, 2.45) is 4.99 Å². The summed E-state index contributed by atoms with van der Waals surface area (Å²) in [4.78, 5) is 17.7. The van der Waals surface area contributed by atoms with E-state index in [0.717, 1.165) is 19.4 Å². The Hall–Kier alpha value is -1.76. The standard InChI is InChI=1S/C18H32N4O2S/c1-7-18(8-2,22-16(23)24-17(3,4)5)13-21-15(19-6)20-12-14-10-9-11-25-14/h9-11H,7-8,12-13H2,1-6H3,(H,22,23)(H2,19,20,21). The summed E-state index contributed by atoms with van der Waals surface area (Å²) < 4.78 is 5.40. The number of carbonyl (C=O) groups excluding carboxylic acids is 1. The molecule has 1 aromatic rings. The topological polar surface area (TPSA) is 74.8 Å². The van der Waals surface area contributed by atoms with Gasteiger partial charge in [-0.05, 0) is 45.1 Å². The zero-order valence-corrected chi connectivity index (χ0v) is 17.0. The van der Waals surface area contributed by atoms with Crippen molar-refractivity contribution in [1.29, 1.82) is 0 Å². The quantitative estimate of drug-likeness (QED) is 0.509. The molecule has 0 aliphatic rings. The number of hydrogen-bond donors (Lipinski definition) is 3. The van der Waals surface area contributed by atoms with Crippen molar-refractivity contribution in [3.63, 3.8) is 0 Å². The third kappa shape index (κ3) is 7.77. The number of ether oxygens (including phenoxy) is 1. The fraction of sp³-hybridized carbons (Fsp3) is 0.667. The first-order chi connectivity index (χ1) is 11.7. The zero-order valence-electron chi connectivity index (χ0n) is 16.2. The summed E-state index contributed by atoms with van der Waals surface area (Å²) in [7, 11) is 1.74. The van der Waals surface area contributed by atoms with E-state index in [0.29, 0.717) is 12.5 Å². The third-order valence-electron chi connectivity index (χ3n) is 3.95. The number of nitrogens with one attached hydrogen (secondary N) is 3. The second-order valence-electron chi connectivity index (χ2n) is 6.97. The van der Waals surface area contributed by atoms with Crippen LogP contribution in [0, 0.1) is 0 Å². The normalized spacial score (nSPS) is 12.6. The maximum absolute atomic E-state index is 12.2. The molecule has 142 valence electrons. The minimum absolute atomic E-state index is 0.386. The Morgan fingerprint density at radius 2 is 1.92 bits per heavy atom. The van der Waals surface area contributed by atoms with Crippen LogP contribution in [0.3, 0.4) is 0 Å². The van der Waals surface area contributed by atoms with E-state index in [1.54, 1.807) is 18.4 Å². The molecular weight excluding hydrogens is 336 g/mol. The lowest BCUT2D eigenvalue weighted by Crippen LogP contribution is -2.57. The molecule has 0 saturated carbocycles. The summed E-state index contributed by atoms with van der Waals surface area (Å²) in [5.74, 6) is 0.714. The summed E-state index contributed by atoms with van der Waals surface area (Å²) in [5.41, 5.74) is -0.897. The Bertz CT molecular complexity index is 546. The van der Waals surface area contributed by atoms with Gasteiger partial charge in [-0.2, -0.15) is 0 Å². The molecular formula is C18H32N4O2S. The van der Waals surface area contributed by atoms with Crippen LogP contribution in [0.5, 0.6) is 0 Å². The Labute approximate surface area is 155 Å². The number of carbonyl (C=O) groups is 1. The van der Waals surface area contributed by atoms with E-state index < -0.39 is 5.60 Å². The Morgan fingerprint density at radius 3 is 2.40 bits per heavy atom. The number of guanidine groups is 1. The van der Waals surface area contributed by atoms with Gasteiger partial charge in [-0.3, -0.25) is 4.99 Å². The van der Waals surface area contributed by atoms with Gasteiger partial charge in [-0.25, -0.2) is 4.79 Å². The Morgan fingerprint density at radius 1 is 1.24 bits per heavy atom. The van der Waals surface area contributed by atoms with Crippen LogP contribution in [0.2, 0.25) is 0 Å². The molecule has 0 aromatic carbocycles. The van der Waals surface area contributed by atoms with E-state index in [9.17, 15) is 4.79 Å². The maximum atomic E-state index is 12.2. The molecule has 1 amide bonds. The number of hydrogen-bond acceptors (Lipinski definition) is 4. The third-order valence-corrected chi connectivity index (χ3v) is 4.82. The summed E-state index contributed by atoms with van der Waals surface area (Å²) in [5, 5.41) is 11.7. The molecule has 0 unspecified atom stereocenters. The number of rotatable bonds is 7. The molecule has 0 fully saturated rings. The molecule has 0 bridgehead atoms. The smallest absolute Gasteiger partial charge is 0.408 e. The lowest BCUT2D eigenvalue weighted by molar-refractivity contribution is 0.0448. The van der Waals surface area contributed by atoms with E-state index >= 15 is 0 Å². The van der Waals surface area contributed by atoms with Crippen molar-refractivity contribution >= 4 is 23.4 Å². The van der Waals surface area contributed by atoms with Crippen LogP contribution in [0.4, 0.5) is 4.79 Å². The van der Waals surface area contributed by atoms with Crippen LogP contribution in [0.25, 0.3) is 0 Å². The molecule has 0 radical (unpaired) electrons. The van der Waals surface area contributed by atoms with Crippen LogP contribution >= 0.6 is 11.3 Å². The predicted octanol–water partition coefficient (Wildman–Crippen LogP) is 3.50. The van der Waals surface area contributed by atoms with Crippen molar-refractivity contribution in [2.75, 3.05) is 13.6 Å². The monoisotopic (exact) mass is 368 g/mol. The Balaban J connectivity index is 2.61. The van der Waals surface area contributed by atoms with Crippen LogP contribution in [-0.2, 0) is 11.3 Å². The van der Waals surface area contributed by atoms with Crippen LogP contribution < -0.4 is 16.0 Å². The second-order valence-corrected chi connectivity index (χ2v) is 8.01. The highest BCUT2D eigenvalue weighted by atomic mass is 32.1. The minimum Gasteiger partial charge on any atom is -0.444 e. The van der Waals surface area contributed by atoms with Crippen LogP contribution in [0.1, 0.15) is 52.3 Å². The van der Waals surface area contributed by atoms with E-state index in [-0.39, 0.29) is 11.6 Å². The summed E-state index contributed by atoms with van der Waals surface area (Å²) in [6.45, 7) is 11.0. The van der Waals surface area contributed by atoms with Crippen LogP contribution in [-0.4, -0.2) is 36.8 Å². The van der Waals surface area contributed by atoms with Gasteiger partial charge in [0.2, 0.25) is 0 Å². The predicted molar refractivity (Wildman–Crippen MR) is 105 cm³/mol. The van der Waals surface area contributed by atoms with Gasteiger partial charge in [0.1, 0.15) is 5.60 Å². The molecule has 0 saturated heterocycles. The zero-order chi connectivity index (χ0) is 18.9. The summed E-state index contributed by atoms with van der Waals surface area (Å²) in [6.07, 6.45) is 1.19. The maximum Gasteiger partial charge on any atom is 0.408 e. The number of alkyl carbamates (subject to hydrolysis) is 1. The van der Waals surface area contributed by atoms with E-state index in [4.69, 9.17) is 4.74 Å². The fourth-order valence-corrected chi connectivity index (χ4v) is 2.94. The van der Waals surface area contributed by atoms with Gasteiger partial charge in [0.25, 0.3) is 0 Å². The fourth-order valence-electron chi connectivity index (χ4n) is 2.30. The SMILES string of the molecule is CCC(CC)(CNC(=NC)NCc1cccs1)NC(=O)OC(C)(C)C. The molecule has 0 atom stereocenters. The first kappa shape index (κ1) is 21.3. The van der Waals surface area contributed by atoms with Crippen molar-refractivity contribution in [2.45, 2.75) is 65.1 Å². The van der Waals surface area contributed by atoms with E-state index in [1.807, 2.05) is 26.8 Å². The first-order valence-corrected chi connectivity index (χ1v) is 9.59. The Kier molecular flexibility index (Phi) is 8.22. The van der Waals surface area contributed by atoms with Gasteiger partial charge in [0, 0.05) is 18.5 Å². The molecule has 1 rings (SSSR count). The van der Waals surface area contributed by atoms with Gasteiger partial charge in [-0.15, -0.1) is 11.3 Å². The van der Waals surface area contributed by atoms with Crippen molar-refractivity contribution < 1.29 is 9.53 Å². The highest BCUT2D eigenvalue weighted by Gasteiger charge is 2.30. The number of nitrogens with zero attached hydrogens (tertiary/aromatic N) is 1. The largest absolute Gasteiger partial charge is 0.444 e. The van der Waals surface area contributed by atoms with Crippen LogP contribution in [0.15, 0.2) is 22.5 Å². The molecule has 1 heterocycles. The first-order valence-electron chi connectivity index (χ1n) is 8.71. The number of aliphatic imine (C=N–C) groups is 1. The lowest BCUT2D eigenvalue weighted by atomic mass is 9.93. The lowest BCUT2D eigenvalue weighted by Gasteiger charge is -2.34. The molecule has 3 N–H and O–H groups in total. The van der Waals surface area contributed by atoms with Gasteiger partial charge in [0.15, 0.2) is 5.96 Å². The van der Waals surface area contributed by atoms with Crippen molar-refractivity contribution in [3.05, 3.63) is 22.4 Å².